The molecule has 3 heterocycles. The van der Waals surface area contributed by atoms with E-state index >= 15 is 0 Å². The third-order valence-electron chi connectivity index (χ3n) is 6.61. The summed E-state index contributed by atoms with van der Waals surface area (Å²) in [6.45, 7) is 4.08. The van der Waals surface area contributed by atoms with Gasteiger partial charge in [-0.25, -0.2) is 0 Å². The van der Waals surface area contributed by atoms with E-state index in [2.05, 4.69) is 86.4 Å². The first-order valence-electron chi connectivity index (χ1n) is 11.3. The van der Waals surface area contributed by atoms with Gasteiger partial charge in [0, 0.05) is 22.2 Å². The zero-order chi connectivity index (χ0) is 22.8. The second kappa shape index (κ2) is 6.96. The van der Waals surface area contributed by atoms with Gasteiger partial charge in [-0.15, -0.1) is 0 Å². The molecule has 0 bridgehead atoms. The van der Waals surface area contributed by atoms with Crippen LogP contribution in [0.25, 0.3) is 44.1 Å². The van der Waals surface area contributed by atoms with Crippen molar-refractivity contribution >= 4 is 33.2 Å². The second-order valence-corrected chi connectivity index (χ2v) is 8.81. The molecule has 0 unspecified atom stereocenters. The number of aromatic amines is 2. The lowest BCUT2D eigenvalue weighted by molar-refractivity contribution is 0.481. The number of benzene rings is 4. The van der Waals surface area contributed by atoms with Crippen LogP contribution in [-0.4, -0.2) is 20.4 Å². The molecule has 4 aromatic carbocycles. The molecule has 6 nitrogen and oxygen atoms in total. The lowest BCUT2D eigenvalue weighted by atomic mass is 10.0. The SMILES string of the molecule is Cc1[nH]nc2ccc(-c3ccc4c(c3)Oc3cc(-c5ccc6n[nH]c(C)c6c5)ccc3N4)cc12. The number of ether oxygens (including phenoxy) is 1. The zero-order valence-electron chi connectivity index (χ0n) is 18.7. The van der Waals surface area contributed by atoms with Gasteiger partial charge in [-0.1, -0.05) is 24.3 Å². The van der Waals surface area contributed by atoms with Crippen molar-refractivity contribution in [1.29, 1.82) is 0 Å². The Morgan fingerprint density at radius 3 is 1.50 bits per heavy atom. The first kappa shape index (κ1) is 18.9. The molecule has 0 saturated carbocycles. The zero-order valence-corrected chi connectivity index (χ0v) is 18.7. The lowest BCUT2D eigenvalue weighted by Crippen LogP contribution is -2.03. The maximum atomic E-state index is 6.39. The van der Waals surface area contributed by atoms with Crippen LogP contribution in [0, 0.1) is 13.8 Å². The fraction of sp³-hybridized carbons (Fsp3) is 0.0714. The molecule has 0 spiro atoms. The van der Waals surface area contributed by atoms with Crippen molar-refractivity contribution in [2.24, 2.45) is 0 Å². The molecule has 6 heteroatoms. The summed E-state index contributed by atoms with van der Waals surface area (Å²) in [6, 6.07) is 25.2. The quantitative estimate of drug-likeness (QED) is 0.263. The van der Waals surface area contributed by atoms with Gasteiger partial charge in [-0.2, -0.15) is 10.2 Å². The molecule has 164 valence electrons. The van der Waals surface area contributed by atoms with Crippen molar-refractivity contribution in [3.63, 3.8) is 0 Å². The molecule has 2 aromatic heterocycles. The summed E-state index contributed by atoms with van der Waals surface area (Å²) in [6.07, 6.45) is 0. The van der Waals surface area contributed by atoms with Crippen LogP contribution in [0.2, 0.25) is 0 Å². The molecule has 0 fully saturated rings. The Morgan fingerprint density at radius 2 is 1.00 bits per heavy atom. The number of fused-ring (bicyclic) bond motifs is 4. The number of nitrogens with zero attached hydrogens (tertiary/aromatic N) is 2. The summed E-state index contributed by atoms with van der Waals surface area (Å²) in [7, 11) is 0. The smallest absolute Gasteiger partial charge is 0.151 e. The predicted molar refractivity (Wildman–Crippen MR) is 136 cm³/mol. The van der Waals surface area contributed by atoms with Crippen LogP contribution in [0.4, 0.5) is 11.4 Å². The van der Waals surface area contributed by atoms with Gasteiger partial charge in [-0.05, 0) is 84.6 Å². The topological polar surface area (TPSA) is 78.6 Å². The number of hydrogen-bond donors (Lipinski definition) is 3. The summed E-state index contributed by atoms with van der Waals surface area (Å²) in [5.41, 5.74) is 10.5. The van der Waals surface area contributed by atoms with E-state index in [-0.39, 0.29) is 0 Å². The number of nitrogens with one attached hydrogen (secondary N) is 3. The predicted octanol–water partition coefficient (Wildman–Crippen LogP) is 7.24. The Bertz CT molecular complexity index is 1620. The number of H-pyrrole nitrogens is 2. The van der Waals surface area contributed by atoms with E-state index < -0.39 is 0 Å². The first-order chi connectivity index (χ1) is 16.6. The van der Waals surface area contributed by atoms with Gasteiger partial charge >= 0.3 is 0 Å². The van der Waals surface area contributed by atoms with E-state index in [0.717, 1.165) is 78.3 Å². The van der Waals surface area contributed by atoms with Crippen LogP contribution in [0.15, 0.2) is 72.8 Å². The number of hydrogen-bond acceptors (Lipinski definition) is 4. The third-order valence-corrected chi connectivity index (χ3v) is 6.61. The number of aryl methyl sites for hydroxylation is 2. The summed E-state index contributed by atoms with van der Waals surface area (Å²) < 4.78 is 6.39. The highest BCUT2D eigenvalue weighted by Crippen LogP contribution is 2.45. The van der Waals surface area contributed by atoms with Crippen LogP contribution in [0.1, 0.15) is 11.4 Å². The van der Waals surface area contributed by atoms with Crippen molar-refractivity contribution in [3.8, 4) is 33.8 Å². The fourth-order valence-corrected chi connectivity index (χ4v) is 4.68. The summed E-state index contributed by atoms with van der Waals surface area (Å²) >= 11 is 0. The molecule has 34 heavy (non-hydrogen) atoms. The highest BCUT2D eigenvalue weighted by Gasteiger charge is 2.18. The van der Waals surface area contributed by atoms with Crippen LogP contribution in [0.3, 0.4) is 0 Å². The minimum atomic E-state index is 0.812. The molecule has 7 rings (SSSR count). The Labute approximate surface area is 195 Å². The summed E-state index contributed by atoms with van der Waals surface area (Å²) in [5.74, 6) is 1.62. The van der Waals surface area contributed by atoms with Crippen molar-refractivity contribution in [1.82, 2.24) is 20.4 Å². The van der Waals surface area contributed by atoms with E-state index in [0.29, 0.717) is 0 Å². The van der Waals surface area contributed by atoms with Crippen LogP contribution in [-0.2, 0) is 0 Å². The Morgan fingerprint density at radius 1 is 0.559 bits per heavy atom. The highest BCUT2D eigenvalue weighted by molar-refractivity contribution is 5.89. The standard InChI is InChI=1S/C28H21N5O/c1-15-21-11-17(3-7-23(21)32-30-15)19-5-9-25-27(13-19)34-28-14-20(6-10-26(28)29-25)18-4-8-24-22(12-18)16(2)31-33-24/h3-14,29H,1-2H3,(H,30,32)(H,31,33). The third kappa shape index (κ3) is 2.89. The van der Waals surface area contributed by atoms with Crippen molar-refractivity contribution in [2.75, 3.05) is 5.32 Å². The molecular weight excluding hydrogens is 422 g/mol. The maximum absolute atomic E-state index is 6.39. The molecule has 6 aromatic rings. The Kier molecular flexibility index (Phi) is 3.88. The van der Waals surface area contributed by atoms with Crippen molar-refractivity contribution in [3.05, 3.63) is 84.2 Å². The summed E-state index contributed by atoms with van der Waals surface area (Å²) in [4.78, 5) is 0. The summed E-state index contributed by atoms with van der Waals surface area (Å²) in [5, 5.41) is 20.6. The van der Waals surface area contributed by atoms with Crippen molar-refractivity contribution < 1.29 is 4.74 Å². The van der Waals surface area contributed by atoms with Crippen molar-refractivity contribution in [2.45, 2.75) is 13.8 Å². The molecule has 0 saturated heterocycles. The van der Waals surface area contributed by atoms with Gasteiger partial charge in [-0.3, -0.25) is 10.2 Å². The van der Waals surface area contributed by atoms with E-state index in [1.807, 2.05) is 26.0 Å². The minimum Gasteiger partial charge on any atom is -0.453 e. The normalized spacial score (nSPS) is 12.3. The van der Waals surface area contributed by atoms with Gasteiger partial charge < -0.3 is 10.1 Å². The monoisotopic (exact) mass is 443 g/mol. The number of rotatable bonds is 2. The average Bonchev–Trinajstić information content (AvgIpc) is 3.43. The largest absolute Gasteiger partial charge is 0.453 e. The highest BCUT2D eigenvalue weighted by atomic mass is 16.5. The molecule has 1 aliphatic heterocycles. The molecule has 1 aliphatic rings. The fourth-order valence-electron chi connectivity index (χ4n) is 4.68. The molecule has 3 N–H and O–H groups in total. The number of aromatic nitrogens is 4. The van der Waals surface area contributed by atoms with E-state index in [1.165, 1.54) is 0 Å². The van der Waals surface area contributed by atoms with E-state index in [4.69, 9.17) is 4.74 Å². The first-order valence-corrected chi connectivity index (χ1v) is 11.3. The van der Waals surface area contributed by atoms with Gasteiger partial charge in [0.05, 0.1) is 22.4 Å². The van der Waals surface area contributed by atoms with Gasteiger partial charge in [0.2, 0.25) is 0 Å². The van der Waals surface area contributed by atoms with Gasteiger partial charge in [0.1, 0.15) is 0 Å². The average molecular weight is 444 g/mol. The Balaban J connectivity index is 1.25. The van der Waals surface area contributed by atoms with Crippen LogP contribution in [0.5, 0.6) is 11.5 Å². The van der Waals surface area contributed by atoms with E-state index in [9.17, 15) is 0 Å². The maximum Gasteiger partial charge on any atom is 0.151 e. The van der Waals surface area contributed by atoms with Crippen LogP contribution < -0.4 is 10.1 Å². The molecular formula is C28H21N5O. The molecule has 0 radical (unpaired) electrons. The van der Waals surface area contributed by atoms with Gasteiger partial charge in [0.15, 0.2) is 11.5 Å². The van der Waals surface area contributed by atoms with E-state index in [1.54, 1.807) is 0 Å². The molecule has 0 aliphatic carbocycles. The van der Waals surface area contributed by atoms with Gasteiger partial charge in [0.25, 0.3) is 0 Å². The lowest BCUT2D eigenvalue weighted by Gasteiger charge is -2.23. The minimum absolute atomic E-state index is 0.812. The Hall–Kier alpha value is -4.58. The molecule has 0 amide bonds. The molecule has 0 atom stereocenters. The second-order valence-electron chi connectivity index (χ2n) is 8.81. The van der Waals surface area contributed by atoms with Crippen LogP contribution >= 0.6 is 0 Å². The number of anilines is 2.